The van der Waals surface area contributed by atoms with E-state index in [1.54, 1.807) is 7.11 Å². The first-order valence-electron chi connectivity index (χ1n) is 5.82. The predicted octanol–water partition coefficient (Wildman–Crippen LogP) is 3.02. The molecule has 0 bridgehead atoms. The second-order valence-corrected chi connectivity index (χ2v) is 10.0. The normalized spacial score (nSPS) is 22.6. The molecule has 1 heterocycles. The fourth-order valence-corrected chi connectivity index (χ4v) is 2.13. The fraction of sp³-hybridized carbons (Fsp3) is 0.429. The number of benzene rings is 1. The second kappa shape index (κ2) is 4.56. The van der Waals surface area contributed by atoms with Crippen molar-refractivity contribution < 1.29 is 9.47 Å². The summed E-state index contributed by atoms with van der Waals surface area (Å²) in [4.78, 5) is 0. The lowest BCUT2D eigenvalue weighted by Crippen LogP contribution is -2.16. The summed E-state index contributed by atoms with van der Waals surface area (Å²) in [6.45, 7) is 6.72. The quantitative estimate of drug-likeness (QED) is 0.454. The van der Waals surface area contributed by atoms with Gasteiger partial charge in [0.1, 0.15) is 26.0 Å². The molecule has 0 spiro atoms. The third-order valence-corrected chi connectivity index (χ3v) is 3.42. The third-order valence-electron chi connectivity index (χ3n) is 2.53. The van der Waals surface area contributed by atoms with Gasteiger partial charge in [0.25, 0.3) is 0 Å². The van der Waals surface area contributed by atoms with Crippen LogP contribution in [-0.4, -0.2) is 21.3 Å². The molecule has 90 valence electrons. The Balaban J connectivity index is 2.00. The van der Waals surface area contributed by atoms with E-state index in [2.05, 4.69) is 31.1 Å². The van der Waals surface area contributed by atoms with E-state index in [-0.39, 0.29) is 12.2 Å². The third kappa shape index (κ3) is 3.35. The summed E-state index contributed by atoms with van der Waals surface area (Å²) < 4.78 is 10.7. The Bertz CT molecular complexity index is 448. The summed E-state index contributed by atoms with van der Waals surface area (Å²) in [5.74, 6) is 4.11. The molecular formula is C14H18O2Si. The monoisotopic (exact) mass is 246 g/mol. The van der Waals surface area contributed by atoms with Crippen molar-refractivity contribution in [2.75, 3.05) is 7.11 Å². The van der Waals surface area contributed by atoms with Gasteiger partial charge in [-0.3, -0.25) is 0 Å². The zero-order chi connectivity index (χ0) is 12.5. The van der Waals surface area contributed by atoms with Gasteiger partial charge in [-0.05, 0) is 17.7 Å². The summed E-state index contributed by atoms with van der Waals surface area (Å²) >= 11 is 0. The van der Waals surface area contributed by atoms with Crippen LogP contribution in [0.5, 0.6) is 5.75 Å². The highest BCUT2D eigenvalue weighted by molar-refractivity contribution is 6.83. The summed E-state index contributed by atoms with van der Waals surface area (Å²) in [6, 6.07) is 8.00. The Hall–Kier alpha value is -1.24. The molecular weight excluding hydrogens is 228 g/mol. The average Bonchev–Trinajstić information content (AvgIpc) is 3.05. The minimum absolute atomic E-state index is 0.0927. The average molecular weight is 246 g/mol. The molecule has 2 nitrogen and oxygen atoms in total. The summed E-state index contributed by atoms with van der Waals surface area (Å²) in [5.41, 5.74) is 4.53. The molecule has 0 amide bonds. The summed E-state index contributed by atoms with van der Waals surface area (Å²) in [5, 5.41) is 0. The zero-order valence-corrected chi connectivity index (χ0v) is 11.8. The van der Waals surface area contributed by atoms with Crippen molar-refractivity contribution in [2.45, 2.75) is 31.8 Å². The highest BCUT2D eigenvalue weighted by Crippen LogP contribution is 2.38. The molecule has 1 fully saturated rings. The van der Waals surface area contributed by atoms with Gasteiger partial charge < -0.3 is 9.47 Å². The van der Waals surface area contributed by atoms with Crippen molar-refractivity contribution in [1.82, 2.24) is 0 Å². The number of epoxide rings is 1. The van der Waals surface area contributed by atoms with E-state index < -0.39 is 8.07 Å². The molecule has 1 aromatic carbocycles. The molecule has 0 saturated carbocycles. The van der Waals surface area contributed by atoms with E-state index in [1.807, 2.05) is 24.3 Å². The second-order valence-electron chi connectivity index (χ2n) is 5.27. The Kier molecular flexibility index (Phi) is 3.28. The fourth-order valence-electron chi connectivity index (χ4n) is 1.56. The maximum atomic E-state index is 5.58. The summed E-state index contributed by atoms with van der Waals surface area (Å²) in [6.07, 6.45) is 0.250. The minimum atomic E-state index is -1.29. The van der Waals surface area contributed by atoms with Gasteiger partial charge in [-0.1, -0.05) is 37.7 Å². The molecule has 0 N–H and O–H groups in total. The van der Waals surface area contributed by atoms with Crippen LogP contribution in [0.4, 0.5) is 0 Å². The van der Waals surface area contributed by atoms with Crippen molar-refractivity contribution in [3.05, 3.63) is 29.8 Å². The van der Waals surface area contributed by atoms with Crippen LogP contribution < -0.4 is 4.74 Å². The summed E-state index contributed by atoms with van der Waals surface area (Å²) in [7, 11) is 0.385. The molecule has 1 saturated heterocycles. The number of rotatable bonds is 2. The van der Waals surface area contributed by atoms with Gasteiger partial charge in [0.15, 0.2) is 0 Å². The topological polar surface area (TPSA) is 21.8 Å². The van der Waals surface area contributed by atoms with Gasteiger partial charge in [0.2, 0.25) is 0 Å². The molecule has 2 rings (SSSR count). The lowest BCUT2D eigenvalue weighted by molar-refractivity contribution is 0.396. The molecule has 1 aromatic rings. The van der Waals surface area contributed by atoms with Gasteiger partial charge in [-0.2, -0.15) is 0 Å². The van der Waals surface area contributed by atoms with Crippen LogP contribution in [0.1, 0.15) is 11.7 Å². The molecule has 1 aliphatic rings. The van der Waals surface area contributed by atoms with Gasteiger partial charge in [0, 0.05) is 0 Å². The molecule has 17 heavy (non-hydrogen) atoms. The van der Waals surface area contributed by atoms with E-state index in [1.165, 1.54) is 5.56 Å². The Morgan fingerprint density at radius 2 is 1.82 bits per heavy atom. The first-order chi connectivity index (χ1) is 7.99. The van der Waals surface area contributed by atoms with Crippen molar-refractivity contribution in [1.29, 1.82) is 0 Å². The Labute approximate surface area is 104 Å². The van der Waals surface area contributed by atoms with Crippen molar-refractivity contribution in [2.24, 2.45) is 0 Å². The van der Waals surface area contributed by atoms with Crippen LogP contribution in [0.25, 0.3) is 0 Å². The van der Waals surface area contributed by atoms with E-state index in [4.69, 9.17) is 9.47 Å². The standard InChI is InChI=1S/C14H18O2Si/c1-15-12-7-5-11(6-8-12)14-13(16-14)9-10-17(2,3)4/h5-8,13-14H,1-4H3/t13-,14-/m1/s1. The van der Waals surface area contributed by atoms with Crippen LogP contribution in [0.2, 0.25) is 19.6 Å². The van der Waals surface area contributed by atoms with E-state index >= 15 is 0 Å². The van der Waals surface area contributed by atoms with Gasteiger partial charge in [-0.25, -0.2) is 0 Å². The van der Waals surface area contributed by atoms with E-state index in [0.29, 0.717) is 0 Å². The van der Waals surface area contributed by atoms with Crippen LogP contribution in [0, 0.1) is 11.5 Å². The zero-order valence-electron chi connectivity index (χ0n) is 10.8. The number of hydrogen-bond acceptors (Lipinski definition) is 2. The molecule has 3 heteroatoms. The molecule has 1 aliphatic heterocycles. The first kappa shape index (κ1) is 12.2. The first-order valence-corrected chi connectivity index (χ1v) is 9.32. The molecule has 0 radical (unpaired) electrons. The van der Waals surface area contributed by atoms with Gasteiger partial charge in [0.05, 0.1) is 7.11 Å². The van der Waals surface area contributed by atoms with Crippen molar-refractivity contribution in [3.8, 4) is 17.2 Å². The lowest BCUT2D eigenvalue weighted by atomic mass is 10.1. The van der Waals surface area contributed by atoms with Crippen LogP contribution in [0.15, 0.2) is 24.3 Å². The predicted molar refractivity (Wildman–Crippen MR) is 71.7 cm³/mol. The van der Waals surface area contributed by atoms with Crippen LogP contribution in [-0.2, 0) is 4.74 Å². The molecule has 0 unspecified atom stereocenters. The minimum Gasteiger partial charge on any atom is -0.497 e. The largest absolute Gasteiger partial charge is 0.497 e. The van der Waals surface area contributed by atoms with Crippen LogP contribution >= 0.6 is 0 Å². The maximum Gasteiger partial charge on any atom is 0.148 e. The highest BCUT2D eigenvalue weighted by atomic mass is 28.3. The Morgan fingerprint density at radius 3 is 2.35 bits per heavy atom. The van der Waals surface area contributed by atoms with Crippen LogP contribution in [0.3, 0.4) is 0 Å². The SMILES string of the molecule is COc1ccc([C@H]2O[C@@H]2C#C[Si](C)(C)C)cc1. The van der Waals surface area contributed by atoms with Crippen molar-refractivity contribution in [3.63, 3.8) is 0 Å². The highest BCUT2D eigenvalue weighted by Gasteiger charge is 2.38. The van der Waals surface area contributed by atoms with Gasteiger partial charge >= 0.3 is 0 Å². The van der Waals surface area contributed by atoms with E-state index in [0.717, 1.165) is 5.75 Å². The molecule has 2 atom stereocenters. The Morgan fingerprint density at radius 1 is 1.18 bits per heavy atom. The smallest absolute Gasteiger partial charge is 0.148 e. The van der Waals surface area contributed by atoms with Crippen molar-refractivity contribution >= 4 is 8.07 Å². The number of methoxy groups -OCH3 is 1. The van der Waals surface area contributed by atoms with E-state index in [9.17, 15) is 0 Å². The molecule has 0 aromatic heterocycles. The van der Waals surface area contributed by atoms with Gasteiger partial charge in [-0.15, -0.1) is 5.54 Å². The lowest BCUT2D eigenvalue weighted by Gasteiger charge is -2.02. The maximum absolute atomic E-state index is 5.58. The number of hydrogen-bond donors (Lipinski definition) is 0. The molecule has 0 aliphatic carbocycles. The number of ether oxygens (including phenoxy) is 2.